The molecule has 0 fully saturated rings. The summed E-state index contributed by atoms with van der Waals surface area (Å²) in [5, 5.41) is 23.0. The fourth-order valence-electron chi connectivity index (χ4n) is 2.19. The summed E-state index contributed by atoms with van der Waals surface area (Å²) in [6.07, 6.45) is 1.73. The number of hydrogen-bond donors (Lipinski definition) is 1. The average molecular weight is 276 g/mol. The molecule has 0 aliphatic carbocycles. The van der Waals surface area contributed by atoms with Gasteiger partial charge in [-0.25, -0.2) is 0 Å². The van der Waals surface area contributed by atoms with Gasteiger partial charge < -0.3 is 9.84 Å². The maximum atomic E-state index is 10.7. The monoisotopic (exact) mass is 276 g/mol. The van der Waals surface area contributed by atoms with Gasteiger partial charge in [0.2, 0.25) is 0 Å². The van der Waals surface area contributed by atoms with Gasteiger partial charge in [0.25, 0.3) is 0 Å². The average Bonchev–Trinajstić information content (AvgIpc) is 2.84. The van der Waals surface area contributed by atoms with Crippen LogP contribution in [0.25, 0.3) is 0 Å². The Bertz CT molecular complexity index is 595. The van der Waals surface area contributed by atoms with Gasteiger partial charge in [0.15, 0.2) is 5.75 Å². The topological polar surface area (TPSA) is 73.1 Å². The number of aromatic nitrogens is 4. The third kappa shape index (κ3) is 2.65. The number of ether oxygens (including phenoxy) is 1. The Hall–Kier alpha value is -1.95. The second-order valence-electron chi connectivity index (χ2n) is 4.75. The van der Waals surface area contributed by atoms with Crippen LogP contribution in [0.3, 0.4) is 0 Å². The molecular weight excluding hydrogens is 256 g/mol. The van der Waals surface area contributed by atoms with Gasteiger partial charge in [-0.1, -0.05) is 6.92 Å². The van der Waals surface area contributed by atoms with Crippen LogP contribution >= 0.6 is 0 Å². The largest absolute Gasteiger partial charge is 0.493 e. The highest BCUT2D eigenvalue weighted by molar-refractivity contribution is 5.36. The number of aliphatic hydroxyl groups is 1. The van der Waals surface area contributed by atoms with E-state index in [9.17, 15) is 5.11 Å². The zero-order chi connectivity index (χ0) is 14.7. The van der Waals surface area contributed by atoms with E-state index in [1.807, 2.05) is 19.9 Å². The highest BCUT2D eigenvalue weighted by Crippen LogP contribution is 2.31. The molecule has 20 heavy (non-hydrogen) atoms. The van der Waals surface area contributed by atoms with Crippen LogP contribution in [-0.2, 0) is 6.54 Å². The molecule has 0 saturated carbocycles. The zero-order valence-electron chi connectivity index (χ0n) is 12.3. The Kier molecular flexibility index (Phi) is 4.34. The molecular formula is C14H20N4O2. The van der Waals surface area contributed by atoms with Crippen LogP contribution in [0.15, 0.2) is 12.3 Å². The number of aryl methyl sites for hydroxylation is 3. The van der Waals surface area contributed by atoms with Crippen LogP contribution in [0.2, 0.25) is 0 Å². The Balaban J connectivity index is 2.48. The van der Waals surface area contributed by atoms with Gasteiger partial charge in [0.05, 0.1) is 24.7 Å². The van der Waals surface area contributed by atoms with E-state index in [0.717, 1.165) is 24.2 Å². The first kappa shape index (κ1) is 14.5. The predicted octanol–water partition coefficient (Wildman–Crippen LogP) is 1.79. The van der Waals surface area contributed by atoms with E-state index in [1.54, 1.807) is 18.0 Å². The summed E-state index contributed by atoms with van der Waals surface area (Å²) in [5.41, 5.74) is 2.86. The summed E-state index contributed by atoms with van der Waals surface area (Å²) in [6.45, 7) is 6.47. The van der Waals surface area contributed by atoms with E-state index >= 15 is 0 Å². The molecule has 0 aliphatic heterocycles. The first-order valence-electron chi connectivity index (χ1n) is 6.67. The Morgan fingerprint density at radius 1 is 1.35 bits per heavy atom. The third-order valence-corrected chi connectivity index (χ3v) is 3.19. The summed E-state index contributed by atoms with van der Waals surface area (Å²) in [5.74, 6) is 0.583. The molecule has 1 N–H and O–H groups in total. The van der Waals surface area contributed by atoms with Crippen LogP contribution in [0, 0.1) is 13.8 Å². The first-order valence-corrected chi connectivity index (χ1v) is 6.67. The van der Waals surface area contributed by atoms with Crippen molar-refractivity contribution < 1.29 is 9.84 Å². The number of methoxy groups -OCH3 is 1. The lowest BCUT2D eigenvalue weighted by Crippen LogP contribution is -2.13. The van der Waals surface area contributed by atoms with Gasteiger partial charge in [0, 0.05) is 12.1 Å². The fourth-order valence-corrected chi connectivity index (χ4v) is 2.19. The molecule has 2 rings (SSSR count). The summed E-state index contributed by atoms with van der Waals surface area (Å²) >= 11 is 0. The van der Waals surface area contributed by atoms with Crippen molar-refractivity contribution in [2.75, 3.05) is 7.11 Å². The second kappa shape index (κ2) is 6.00. The molecule has 6 nitrogen and oxygen atoms in total. The van der Waals surface area contributed by atoms with E-state index in [1.165, 1.54) is 0 Å². The number of rotatable bonds is 5. The molecule has 1 unspecified atom stereocenters. The van der Waals surface area contributed by atoms with Crippen LogP contribution < -0.4 is 4.74 Å². The van der Waals surface area contributed by atoms with Crippen molar-refractivity contribution >= 4 is 0 Å². The lowest BCUT2D eigenvalue weighted by Gasteiger charge is -2.16. The lowest BCUT2D eigenvalue weighted by atomic mass is 10.0. The standard InChI is InChI=1S/C14H20N4O2/c1-5-6-18-13(12(20-4)8-15-18)14(19)11-7-9(2)16-17-10(11)3/h7-8,14,19H,5-6H2,1-4H3. The first-order chi connectivity index (χ1) is 9.58. The van der Waals surface area contributed by atoms with Crippen LogP contribution in [0.5, 0.6) is 5.75 Å². The molecule has 2 aromatic heterocycles. The molecule has 1 atom stereocenters. The summed E-state index contributed by atoms with van der Waals surface area (Å²) in [6, 6.07) is 1.84. The van der Waals surface area contributed by atoms with Crippen molar-refractivity contribution in [1.82, 2.24) is 20.0 Å². The summed E-state index contributed by atoms with van der Waals surface area (Å²) < 4.78 is 7.08. The lowest BCUT2D eigenvalue weighted by molar-refractivity contribution is 0.200. The molecule has 0 radical (unpaired) electrons. The van der Waals surface area contributed by atoms with E-state index in [4.69, 9.17) is 4.74 Å². The Labute approximate surface area is 118 Å². The van der Waals surface area contributed by atoms with E-state index in [2.05, 4.69) is 22.2 Å². The molecule has 2 heterocycles. The smallest absolute Gasteiger partial charge is 0.163 e. The van der Waals surface area contributed by atoms with Crippen molar-refractivity contribution in [2.24, 2.45) is 0 Å². The molecule has 2 aromatic rings. The maximum absolute atomic E-state index is 10.7. The molecule has 0 aliphatic rings. The molecule has 0 amide bonds. The normalized spacial score (nSPS) is 12.4. The SMILES string of the molecule is CCCn1ncc(OC)c1C(O)c1cc(C)nnc1C. The van der Waals surface area contributed by atoms with Crippen LogP contribution in [0.4, 0.5) is 0 Å². The van der Waals surface area contributed by atoms with E-state index in [-0.39, 0.29) is 0 Å². The minimum absolute atomic E-state index is 0.583. The molecule has 0 bridgehead atoms. The van der Waals surface area contributed by atoms with Crippen molar-refractivity contribution in [3.05, 3.63) is 34.9 Å². The fraction of sp³-hybridized carbons (Fsp3) is 0.500. The van der Waals surface area contributed by atoms with Gasteiger partial charge >= 0.3 is 0 Å². The molecule has 6 heteroatoms. The number of aliphatic hydroxyl groups excluding tert-OH is 1. The highest BCUT2D eigenvalue weighted by Gasteiger charge is 2.23. The highest BCUT2D eigenvalue weighted by atomic mass is 16.5. The van der Waals surface area contributed by atoms with Gasteiger partial charge in [-0.3, -0.25) is 4.68 Å². The maximum Gasteiger partial charge on any atom is 0.163 e. The Morgan fingerprint density at radius 3 is 2.75 bits per heavy atom. The number of hydrogen-bond acceptors (Lipinski definition) is 5. The van der Waals surface area contributed by atoms with E-state index in [0.29, 0.717) is 17.1 Å². The molecule has 0 saturated heterocycles. The van der Waals surface area contributed by atoms with Crippen molar-refractivity contribution in [3.63, 3.8) is 0 Å². The van der Waals surface area contributed by atoms with Crippen LogP contribution in [0.1, 0.15) is 42.1 Å². The van der Waals surface area contributed by atoms with Gasteiger partial charge in [-0.05, 0) is 26.3 Å². The van der Waals surface area contributed by atoms with Crippen molar-refractivity contribution in [3.8, 4) is 5.75 Å². The number of nitrogens with zero attached hydrogens (tertiary/aromatic N) is 4. The van der Waals surface area contributed by atoms with Crippen molar-refractivity contribution in [2.45, 2.75) is 39.8 Å². The third-order valence-electron chi connectivity index (χ3n) is 3.19. The molecule has 0 spiro atoms. The van der Waals surface area contributed by atoms with Gasteiger partial charge in [-0.15, -0.1) is 0 Å². The van der Waals surface area contributed by atoms with Crippen molar-refractivity contribution in [1.29, 1.82) is 0 Å². The molecule has 0 aromatic carbocycles. The minimum atomic E-state index is -0.826. The zero-order valence-corrected chi connectivity index (χ0v) is 12.3. The van der Waals surface area contributed by atoms with Gasteiger partial charge in [-0.2, -0.15) is 15.3 Å². The minimum Gasteiger partial charge on any atom is -0.493 e. The summed E-state index contributed by atoms with van der Waals surface area (Å²) in [7, 11) is 1.58. The molecule has 108 valence electrons. The quantitative estimate of drug-likeness (QED) is 0.901. The Morgan fingerprint density at radius 2 is 2.10 bits per heavy atom. The van der Waals surface area contributed by atoms with E-state index < -0.39 is 6.10 Å². The van der Waals surface area contributed by atoms with Gasteiger partial charge in [0.1, 0.15) is 11.8 Å². The second-order valence-corrected chi connectivity index (χ2v) is 4.75. The van der Waals surface area contributed by atoms with Crippen LogP contribution in [-0.4, -0.2) is 32.2 Å². The predicted molar refractivity (Wildman–Crippen MR) is 74.6 cm³/mol. The summed E-state index contributed by atoms with van der Waals surface area (Å²) in [4.78, 5) is 0.